The highest BCUT2D eigenvalue weighted by molar-refractivity contribution is 5.43. The molecule has 3 rings (SSSR count). The van der Waals surface area contributed by atoms with E-state index in [2.05, 4.69) is 17.4 Å². The molecule has 104 valence electrons. The Hall–Kier alpha value is -1.22. The maximum absolute atomic E-state index is 5.61. The Morgan fingerprint density at radius 2 is 1.84 bits per heavy atom. The first-order chi connectivity index (χ1) is 9.42. The lowest BCUT2D eigenvalue weighted by atomic mass is 10.1. The topological polar surface area (TPSA) is 30.5 Å². The van der Waals surface area contributed by atoms with Crippen LogP contribution in [-0.2, 0) is 6.42 Å². The average Bonchev–Trinajstić information content (AvgIpc) is 3.27. The van der Waals surface area contributed by atoms with Gasteiger partial charge in [0.2, 0.25) is 0 Å². The molecule has 0 saturated heterocycles. The highest BCUT2D eigenvalue weighted by Gasteiger charge is 2.19. The largest absolute Gasteiger partial charge is 0.486 e. The summed E-state index contributed by atoms with van der Waals surface area (Å²) in [6.45, 7) is 2.52. The molecule has 1 aliphatic heterocycles. The summed E-state index contributed by atoms with van der Waals surface area (Å²) >= 11 is 0. The second-order valence-corrected chi connectivity index (χ2v) is 5.52. The number of rotatable bonds is 7. The molecular weight excluding hydrogens is 238 g/mol. The maximum atomic E-state index is 5.61. The number of nitrogens with one attached hydrogen (secondary N) is 1. The number of hydrogen-bond acceptors (Lipinski definition) is 3. The standard InChI is InChI=1S/C16H23NO2/c1(3-9-17-14-6-7-14)2-4-13-5-8-15-16(12-13)19-11-10-18-15/h5,8,12,14,17H,1-4,6-7,9-11H2. The van der Waals surface area contributed by atoms with E-state index in [0.717, 1.165) is 24.0 Å². The van der Waals surface area contributed by atoms with Crippen LogP contribution in [0.25, 0.3) is 0 Å². The molecule has 1 heterocycles. The third-order valence-corrected chi connectivity index (χ3v) is 3.76. The fourth-order valence-electron chi connectivity index (χ4n) is 2.47. The van der Waals surface area contributed by atoms with Gasteiger partial charge in [-0.15, -0.1) is 0 Å². The molecule has 19 heavy (non-hydrogen) atoms. The normalized spacial score (nSPS) is 17.5. The van der Waals surface area contributed by atoms with Gasteiger partial charge in [-0.3, -0.25) is 0 Å². The lowest BCUT2D eigenvalue weighted by Gasteiger charge is -2.18. The second-order valence-electron chi connectivity index (χ2n) is 5.52. The molecule has 0 unspecified atom stereocenters. The lowest BCUT2D eigenvalue weighted by molar-refractivity contribution is 0.171. The van der Waals surface area contributed by atoms with Gasteiger partial charge in [0.15, 0.2) is 11.5 Å². The highest BCUT2D eigenvalue weighted by Crippen LogP contribution is 2.31. The zero-order valence-corrected chi connectivity index (χ0v) is 11.5. The van der Waals surface area contributed by atoms with Crippen LogP contribution in [0, 0.1) is 0 Å². The predicted octanol–water partition coefficient (Wildman–Crippen LogP) is 2.92. The van der Waals surface area contributed by atoms with Crippen LogP contribution >= 0.6 is 0 Å². The van der Waals surface area contributed by atoms with E-state index in [0.29, 0.717) is 13.2 Å². The molecule has 1 saturated carbocycles. The number of benzene rings is 1. The van der Waals surface area contributed by atoms with E-state index in [9.17, 15) is 0 Å². The van der Waals surface area contributed by atoms with Crippen molar-refractivity contribution in [2.75, 3.05) is 19.8 Å². The van der Waals surface area contributed by atoms with Crippen molar-refractivity contribution >= 4 is 0 Å². The van der Waals surface area contributed by atoms with E-state index in [1.54, 1.807) is 0 Å². The molecule has 1 aromatic carbocycles. The molecule has 0 spiro atoms. The van der Waals surface area contributed by atoms with Crippen LogP contribution in [0.3, 0.4) is 0 Å². The lowest BCUT2D eigenvalue weighted by Crippen LogP contribution is -2.17. The van der Waals surface area contributed by atoms with E-state index in [1.807, 2.05) is 6.07 Å². The fraction of sp³-hybridized carbons (Fsp3) is 0.625. The van der Waals surface area contributed by atoms with Gasteiger partial charge in [-0.2, -0.15) is 0 Å². The van der Waals surface area contributed by atoms with Gasteiger partial charge >= 0.3 is 0 Å². The minimum absolute atomic E-state index is 0.667. The predicted molar refractivity (Wildman–Crippen MR) is 76.0 cm³/mol. The number of hydrogen-bond donors (Lipinski definition) is 1. The minimum Gasteiger partial charge on any atom is -0.486 e. The quantitative estimate of drug-likeness (QED) is 0.766. The average molecular weight is 261 g/mol. The smallest absolute Gasteiger partial charge is 0.161 e. The molecule has 0 bridgehead atoms. The maximum Gasteiger partial charge on any atom is 0.161 e. The van der Waals surface area contributed by atoms with Crippen molar-refractivity contribution in [3.8, 4) is 11.5 Å². The molecule has 1 fully saturated rings. The summed E-state index contributed by atoms with van der Waals surface area (Å²) < 4.78 is 11.1. The summed E-state index contributed by atoms with van der Waals surface area (Å²) in [6.07, 6.45) is 7.76. The zero-order chi connectivity index (χ0) is 12.9. The summed E-state index contributed by atoms with van der Waals surface area (Å²) in [5.41, 5.74) is 1.36. The third kappa shape index (κ3) is 3.87. The van der Waals surface area contributed by atoms with Crippen molar-refractivity contribution in [2.24, 2.45) is 0 Å². The van der Waals surface area contributed by atoms with E-state index < -0.39 is 0 Å². The third-order valence-electron chi connectivity index (χ3n) is 3.76. The van der Waals surface area contributed by atoms with Gasteiger partial charge in [0.05, 0.1) is 0 Å². The SMILES string of the molecule is c1cc2c(cc1CCCCCNC1CC1)OCCO2. The molecule has 1 aromatic rings. The highest BCUT2D eigenvalue weighted by atomic mass is 16.6. The molecule has 1 aliphatic carbocycles. The number of fused-ring (bicyclic) bond motifs is 1. The van der Waals surface area contributed by atoms with Crippen molar-refractivity contribution < 1.29 is 9.47 Å². The van der Waals surface area contributed by atoms with Crippen LogP contribution in [0.5, 0.6) is 11.5 Å². The molecule has 0 amide bonds. The number of ether oxygens (including phenoxy) is 2. The van der Waals surface area contributed by atoms with Crippen LogP contribution in [-0.4, -0.2) is 25.8 Å². The molecule has 3 heteroatoms. The van der Waals surface area contributed by atoms with Gasteiger partial charge < -0.3 is 14.8 Å². The first kappa shape index (κ1) is 12.8. The van der Waals surface area contributed by atoms with Gasteiger partial charge in [0.25, 0.3) is 0 Å². The van der Waals surface area contributed by atoms with Gasteiger partial charge in [-0.05, 0) is 56.3 Å². The molecule has 0 aromatic heterocycles. The van der Waals surface area contributed by atoms with Crippen LogP contribution in [0.2, 0.25) is 0 Å². The van der Waals surface area contributed by atoms with Crippen molar-refractivity contribution in [1.82, 2.24) is 5.32 Å². The fourth-order valence-corrected chi connectivity index (χ4v) is 2.47. The van der Waals surface area contributed by atoms with Gasteiger partial charge in [-0.25, -0.2) is 0 Å². The van der Waals surface area contributed by atoms with Crippen molar-refractivity contribution in [3.05, 3.63) is 23.8 Å². The molecular formula is C16H23NO2. The Balaban J connectivity index is 1.37. The van der Waals surface area contributed by atoms with E-state index in [-0.39, 0.29) is 0 Å². The van der Waals surface area contributed by atoms with E-state index in [1.165, 1.54) is 44.2 Å². The van der Waals surface area contributed by atoms with Crippen molar-refractivity contribution in [1.29, 1.82) is 0 Å². The Labute approximate surface area is 115 Å². The molecule has 0 atom stereocenters. The van der Waals surface area contributed by atoms with Crippen molar-refractivity contribution in [3.63, 3.8) is 0 Å². The minimum atomic E-state index is 0.667. The summed E-state index contributed by atoms with van der Waals surface area (Å²) in [5.74, 6) is 1.81. The summed E-state index contributed by atoms with van der Waals surface area (Å²) in [5, 5.41) is 3.56. The van der Waals surface area contributed by atoms with E-state index in [4.69, 9.17) is 9.47 Å². The molecule has 3 nitrogen and oxygen atoms in total. The van der Waals surface area contributed by atoms with Crippen molar-refractivity contribution in [2.45, 2.75) is 44.6 Å². The van der Waals surface area contributed by atoms with Gasteiger partial charge in [0, 0.05) is 6.04 Å². The summed E-state index contributed by atoms with van der Waals surface area (Å²) in [4.78, 5) is 0. The Bertz CT molecular complexity index is 415. The summed E-state index contributed by atoms with van der Waals surface area (Å²) in [7, 11) is 0. The Morgan fingerprint density at radius 1 is 1.00 bits per heavy atom. The number of unbranched alkanes of at least 4 members (excludes halogenated alkanes) is 2. The Morgan fingerprint density at radius 3 is 2.68 bits per heavy atom. The second kappa shape index (κ2) is 6.29. The number of aryl methyl sites for hydroxylation is 1. The molecule has 2 aliphatic rings. The van der Waals surface area contributed by atoms with Crippen LogP contribution in [0.15, 0.2) is 18.2 Å². The molecule has 1 N–H and O–H groups in total. The van der Waals surface area contributed by atoms with Crippen LogP contribution in [0.4, 0.5) is 0 Å². The van der Waals surface area contributed by atoms with Gasteiger partial charge in [0.1, 0.15) is 13.2 Å². The summed E-state index contributed by atoms with van der Waals surface area (Å²) in [6, 6.07) is 7.18. The Kier molecular flexibility index (Phi) is 4.23. The first-order valence-corrected chi connectivity index (χ1v) is 7.54. The zero-order valence-electron chi connectivity index (χ0n) is 11.5. The van der Waals surface area contributed by atoms with Crippen LogP contribution in [0.1, 0.15) is 37.7 Å². The first-order valence-electron chi connectivity index (χ1n) is 7.54. The monoisotopic (exact) mass is 261 g/mol. The van der Waals surface area contributed by atoms with E-state index >= 15 is 0 Å². The van der Waals surface area contributed by atoms with Crippen LogP contribution < -0.4 is 14.8 Å². The molecule has 0 radical (unpaired) electrons. The van der Waals surface area contributed by atoms with Gasteiger partial charge in [-0.1, -0.05) is 12.5 Å².